The van der Waals surface area contributed by atoms with Gasteiger partial charge >= 0.3 is 12.1 Å². The van der Waals surface area contributed by atoms with E-state index in [1.807, 2.05) is 78.9 Å². The number of hydrogen-bond acceptors (Lipinski definition) is 6. The molecule has 4 aromatic carbocycles. The fourth-order valence-corrected chi connectivity index (χ4v) is 7.53. The van der Waals surface area contributed by atoms with E-state index in [0.717, 1.165) is 70.7 Å². The summed E-state index contributed by atoms with van der Waals surface area (Å²) in [5, 5.41) is 2.23. The van der Waals surface area contributed by atoms with Gasteiger partial charge in [0, 0.05) is 53.4 Å². The summed E-state index contributed by atoms with van der Waals surface area (Å²) in [5.41, 5.74) is 2.11. The van der Waals surface area contributed by atoms with Crippen LogP contribution in [0.1, 0.15) is 11.1 Å². The van der Waals surface area contributed by atoms with Gasteiger partial charge in [0.1, 0.15) is 41.8 Å². The van der Waals surface area contributed by atoms with E-state index in [1.54, 1.807) is 18.2 Å². The quantitative estimate of drug-likeness (QED) is 0.174. The van der Waals surface area contributed by atoms with Gasteiger partial charge in [0.05, 0.1) is 13.2 Å². The zero-order chi connectivity index (χ0) is 37.4. The first kappa shape index (κ1) is 39.1. The Labute approximate surface area is 326 Å². The average Bonchev–Trinajstić information content (AvgIpc) is 3.75. The van der Waals surface area contributed by atoms with Gasteiger partial charge in [0.25, 0.3) is 0 Å². The van der Waals surface area contributed by atoms with E-state index in [4.69, 9.17) is 42.1 Å². The van der Waals surface area contributed by atoms with Crippen molar-refractivity contribution < 1.29 is 36.9 Å². The molecule has 0 unspecified atom stereocenters. The standard InChI is InChI=1S/C19H20ClNO2.C13H11ClF3NO2.C8H9BrO/c20-16-6-7-18-14(11-16)10-15-12-21(13-19(15)23-18)8-9-22-17-4-2-1-3-5-17;14-9-1-2-10-7(4-9)3-8-5-18(6-11(8)20-10)12(19)13(15,16)17;9-6-7-10-8-4-2-1-3-5-8/h1-7,11,15,19H,8-10,12-13H2;1-2,4,8,11H,3,5-6H2;1-5H,6-7H2/t15-,19-;8-,11-;/m11./s1. The third-order valence-corrected chi connectivity index (χ3v) is 10.2. The van der Waals surface area contributed by atoms with E-state index in [1.165, 1.54) is 5.56 Å². The Morgan fingerprint density at radius 3 is 1.75 bits per heavy atom. The van der Waals surface area contributed by atoms with Crippen molar-refractivity contribution in [2.24, 2.45) is 11.8 Å². The van der Waals surface area contributed by atoms with Gasteiger partial charge in [-0.15, -0.1) is 0 Å². The molecule has 282 valence electrons. The molecule has 0 aliphatic carbocycles. The number of rotatable bonds is 7. The molecule has 0 aromatic heterocycles. The second kappa shape index (κ2) is 18.1. The number of hydrogen-bond donors (Lipinski definition) is 0. The Kier molecular flexibility index (Phi) is 13.4. The predicted molar refractivity (Wildman–Crippen MR) is 203 cm³/mol. The Bertz CT molecular complexity index is 1810. The molecule has 8 rings (SSSR count). The van der Waals surface area contributed by atoms with Gasteiger partial charge in [-0.1, -0.05) is 75.5 Å². The number of benzene rings is 4. The molecular weight excluding hydrogens is 796 g/mol. The zero-order valence-electron chi connectivity index (χ0n) is 28.8. The highest BCUT2D eigenvalue weighted by atomic mass is 79.9. The smallest absolute Gasteiger partial charge is 0.471 e. The summed E-state index contributed by atoms with van der Waals surface area (Å²) in [6.07, 6.45) is -3.29. The Morgan fingerprint density at radius 2 is 1.23 bits per heavy atom. The molecule has 1 amide bonds. The van der Waals surface area contributed by atoms with Crippen molar-refractivity contribution >= 4 is 45.0 Å². The lowest BCUT2D eigenvalue weighted by atomic mass is 9.93. The van der Waals surface area contributed by atoms with Gasteiger partial charge in [0.15, 0.2) is 0 Å². The van der Waals surface area contributed by atoms with Crippen LogP contribution in [0.15, 0.2) is 97.1 Å². The van der Waals surface area contributed by atoms with Crippen LogP contribution < -0.4 is 18.9 Å². The van der Waals surface area contributed by atoms with Crippen LogP contribution in [0.4, 0.5) is 13.2 Å². The van der Waals surface area contributed by atoms with Crippen LogP contribution >= 0.6 is 39.1 Å². The third kappa shape index (κ3) is 10.7. The lowest BCUT2D eigenvalue weighted by Gasteiger charge is -2.27. The van der Waals surface area contributed by atoms with Crippen molar-refractivity contribution in [1.82, 2.24) is 9.80 Å². The van der Waals surface area contributed by atoms with Crippen molar-refractivity contribution in [2.45, 2.75) is 31.2 Å². The SMILES string of the molecule is BrCCOc1ccccc1.Clc1ccc2c(c1)C[C@@H]1CN(CCOc3ccccc3)C[C@H]1O2.O=C(N1C[C@H]2Cc3cc(Cl)ccc3O[C@@H]2C1)C(F)(F)F. The first-order chi connectivity index (χ1) is 25.6. The minimum absolute atomic E-state index is 0.0227. The second-order valence-corrected chi connectivity index (χ2v) is 14.9. The van der Waals surface area contributed by atoms with Crippen molar-refractivity contribution in [3.8, 4) is 23.0 Å². The molecule has 4 atom stereocenters. The summed E-state index contributed by atoms with van der Waals surface area (Å²) in [4.78, 5) is 14.5. The van der Waals surface area contributed by atoms with E-state index in [-0.39, 0.29) is 25.1 Å². The van der Waals surface area contributed by atoms with Gasteiger partial charge in [-0.05, 0) is 84.6 Å². The summed E-state index contributed by atoms with van der Waals surface area (Å²) in [7, 11) is 0. The van der Waals surface area contributed by atoms with Crippen LogP contribution in [0.3, 0.4) is 0 Å². The van der Waals surface area contributed by atoms with Crippen LogP contribution in [0.2, 0.25) is 10.0 Å². The number of fused-ring (bicyclic) bond motifs is 4. The maximum absolute atomic E-state index is 12.4. The number of amides is 1. The maximum atomic E-state index is 12.4. The van der Waals surface area contributed by atoms with Crippen LogP contribution in [0, 0.1) is 11.8 Å². The van der Waals surface area contributed by atoms with E-state index >= 15 is 0 Å². The number of alkyl halides is 4. The summed E-state index contributed by atoms with van der Waals surface area (Å²) in [6.45, 7) is 4.45. The monoisotopic (exact) mass is 834 g/mol. The predicted octanol–water partition coefficient (Wildman–Crippen LogP) is 8.78. The van der Waals surface area contributed by atoms with Crippen molar-refractivity contribution in [3.05, 3.63) is 118 Å². The van der Waals surface area contributed by atoms with Gasteiger partial charge < -0.3 is 23.8 Å². The van der Waals surface area contributed by atoms with Crippen LogP contribution in [0.25, 0.3) is 0 Å². The van der Waals surface area contributed by atoms with Crippen LogP contribution in [-0.2, 0) is 17.6 Å². The highest BCUT2D eigenvalue weighted by Crippen LogP contribution is 2.38. The van der Waals surface area contributed by atoms with E-state index < -0.39 is 12.1 Å². The number of carbonyl (C=O) groups is 1. The molecule has 0 bridgehead atoms. The lowest BCUT2D eigenvalue weighted by molar-refractivity contribution is -0.184. The molecule has 7 nitrogen and oxygen atoms in total. The number of carbonyl (C=O) groups excluding carboxylic acids is 1. The number of likely N-dealkylation sites (tertiary alicyclic amines) is 2. The maximum Gasteiger partial charge on any atom is 0.471 e. The average molecular weight is 837 g/mol. The minimum atomic E-state index is -4.83. The van der Waals surface area contributed by atoms with E-state index in [0.29, 0.717) is 35.8 Å². The van der Waals surface area contributed by atoms with E-state index in [2.05, 4.69) is 20.8 Å². The zero-order valence-corrected chi connectivity index (χ0v) is 31.9. The van der Waals surface area contributed by atoms with Crippen LogP contribution in [0.5, 0.6) is 23.0 Å². The summed E-state index contributed by atoms with van der Waals surface area (Å²) < 4.78 is 60.3. The molecule has 4 aliphatic rings. The molecule has 2 saturated heterocycles. The van der Waals surface area contributed by atoms with Crippen LogP contribution in [-0.4, -0.2) is 85.4 Å². The molecule has 4 heterocycles. The molecule has 4 aromatic rings. The molecule has 0 spiro atoms. The Balaban J connectivity index is 0.000000146. The fraction of sp³-hybridized carbons (Fsp3) is 0.375. The van der Waals surface area contributed by atoms with E-state index in [9.17, 15) is 18.0 Å². The molecule has 0 radical (unpaired) electrons. The molecule has 4 aliphatic heterocycles. The van der Waals surface area contributed by atoms with Crippen molar-refractivity contribution in [2.75, 3.05) is 51.3 Å². The topological polar surface area (TPSA) is 60.5 Å². The molecule has 0 N–H and O–H groups in total. The van der Waals surface area contributed by atoms with Gasteiger partial charge in [0.2, 0.25) is 0 Å². The Hall–Kier alpha value is -3.64. The molecule has 13 heteroatoms. The number of halogens is 6. The highest BCUT2D eigenvalue weighted by molar-refractivity contribution is 9.09. The van der Waals surface area contributed by atoms with Gasteiger partial charge in [-0.2, -0.15) is 13.2 Å². The van der Waals surface area contributed by atoms with Crippen molar-refractivity contribution in [3.63, 3.8) is 0 Å². The lowest BCUT2D eigenvalue weighted by Crippen LogP contribution is -2.40. The van der Waals surface area contributed by atoms with Crippen molar-refractivity contribution in [1.29, 1.82) is 0 Å². The second-order valence-electron chi connectivity index (χ2n) is 13.2. The summed E-state index contributed by atoms with van der Waals surface area (Å²) >= 11 is 15.3. The third-order valence-electron chi connectivity index (χ3n) is 9.44. The van der Waals surface area contributed by atoms with Gasteiger partial charge in [-0.25, -0.2) is 0 Å². The fourth-order valence-electron chi connectivity index (χ4n) is 6.97. The summed E-state index contributed by atoms with van der Waals surface area (Å²) in [6, 6.07) is 30.8. The van der Waals surface area contributed by atoms with Gasteiger partial charge in [-0.3, -0.25) is 9.69 Å². The number of nitrogens with zero attached hydrogens (tertiary/aromatic N) is 2. The Morgan fingerprint density at radius 1 is 0.717 bits per heavy atom. The molecular formula is C40H40BrCl2F3N2O5. The first-order valence-electron chi connectivity index (χ1n) is 17.5. The number of ether oxygens (including phenoxy) is 4. The normalized spacial score (nSPS) is 21.1. The highest BCUT2D eigenvalue weighted by Gasteiger charge is 2.48. The molecule has 0 saturated carbocycles. The number of para-hydroxylation sites is 2. The summed E-state index contributed by atoms with van der Waals surface area (Å²) in [5.74, 6) is 2.14. The largest absolute Gasteiger partial charge is 0.493 e. The first-order valence-corrected chi connectivity index (χ1v) is 19.3. The molecule has 2 fully saturated rings. The molecule has 53 heavy (non-hydrogen) atoms. The minimum Gasteiger partial charge on any atom is -0.493 e.